The van der Waals surface area contributed by atoms with Crippen molar-refractivity contribution < 1.29 is 4.74 Å². The van der Waals surface area contributed by atoms with Gasteiger partial charge in [-0.25, -0.2) is 0 Å². The van der Waals surface area contributed by atoms with Gasteiger partial charge in [0.25, 0.3) is 0 Å². The highest BCUT2D eigenvalue weighted by atomic mass is 16.5. The SMILES string of the molecule is CCC1CNCCC1CNC1=CC2(CCN1)COC2. The zero-order valence-corrected chi connectivity index (χ0v) is 12.0. The van der Waals surface area contributed by atoms with Gasteiger partial charge in [0, 0.05) is 18.5 Å². The van der Waals surface area contributed by atoms with E-state index >= 15 is 0 Å². The predicted octanol–water partition coefficient (Wildman–Crippen LogP) is 1.06. The maximum Gasteiger partial charge on any atom is 0.0952 e. The van der Waals surface area contributed by atoms with E-state index in [4.69, 9.17) is 4.74 Å². The molecule has 1 spiro atoms. The lowest BCUT2D eigenvalue weighted by molar-refractivity contribution is -0.0890. The summed E-state index contributed by atoms with van der Waals surface area (Å²) in [6.45, 7) is 8.67. The standard InChI is InChI=1S/C15H27N3O/c1-2-12-8-16-5-3-13(12)9-18-14-7-15(4-6-17-14)10-19-11-15/h7,12-13,16-18H,2-6,8-11H2,1H3. The Labute approximate surface area is 116 Å². The lowest BCUT2D eigenvalue weighted by Crippen LogP contribution is -2.49. The Morgan fingerprint density at radius 1 is 1.37 bits per heavy atom. The molecule has 19 heavy (non-hydrogen) atoms. The van der Waals surface area contributed by atoms with E-state index in [1.807, 2.05) is 0 Å². The second-order valence-electron chi connectivity index (χ2n) is 6.39. The fraction of sp³-hybridized carbons (Fsp3) is 0.867. The first-order valence-corrected chi connectivity index (χ1v) is 7.80. The molecule has 0 radical (unpaired) electrons. The van der Waals surface area contributed by atoms with E-state index in [1.54, 1.807) is 0 Å². The number of nitrogens with one attached hydrogen (secondary N) is 3. The molecule has 0 amide bonds. The minimum absolute atomic E-state index is 0.339. The van der Waals surface area contributed by atoms with Gasteiger partial charge in [0.15, 0.2) is 0 Å². The van der Waals surface area contributed by atoms with E-state index in [-0.39, 0.29) is 0 Å². The van der Waals surface area contributed by atoms with Crippen LogP contribution in [0.4, 0.5) is 0 Å². The molecule has 3 N–H and O–H groups in total. The third kappa shape index (κ3) is 2.90. The monoisotopic (exact) mass is 265 g/mol. The Balaban J connectivity index is 1.53. The lowest BCUT2D eigenvalue weighted by Gasteiger charge is -2.42. The van der Waals surface area contributed by atoms with E-state index in [0.29, 0.717) is 5.41 Å². The second kappa shape index (κ2) is 5.71. The van der Waals surface area contributed by atoms with Crippen molar-refractivity contribution in [1.82, 2.24) is 16.0 Å². The molecule has 2 fully saturated rings. The average molecular weight is 265 g/mol. The average Bonchev–Trinajstić information content (AvgIpc) is 2.44. The van der Waals surface area contributed by atoms with Crippen molar-refractivity contribution in [1.29, 1.82) is 0 Å². The summed E-state index contributed by atoms with van der Waals surface area (Å²) >= 11 is 0. The van der Waals surface area contributed by atoms with Gasteiger partial charge in [-0.05, 0) is 43.8 Å². The predicted molar refractivity (Wildman–Crippen MR) is 76.7 cm³/mol. The molecule has 3 heterocycles. The molecule has 2 unspecified atom stereocenters. The highest BCUT2D eigenvalue weighted by Gasteiger charge is 2.38. The Morgan fingerprint density at radius 2 is 2.26 bits per heavy atom. The quantitative estimate of drug-likeness (QED) is 0.711. The number of rotatable bonds is 4. The zero-order chi connectivity index (χ0) is 13.1. The largest absolute Gasteiger partial charge is 0.379 e. The summed E-state index contributed by atoms with van der Waals surface area (Å²) in [5, 5.41) is 10.6. The summed E-state index contributed by atoms with van der Waals surface area (Å²) in [5.74, 6) is 2.87. The van der Waals surface area contributed by atoms with Gasteiger partial charge in [-0.1, -0.05) is 13.3 Å². The van der Waals surface area contributed by atoms with Crippen LogP contribution in [0.25, 0.3) is 0 Å². The molecular weight excluding hydrogens is 238 g/mol. The third-order valence-corrected chi connectivity index (χ3v) is 5.01. The summed E-state index contributed by atoms with van der Waals surface area (Å²) in [4.78, 5) is 0. The highest BCUT2D eigenvalue weighted by Crippen LogP contribution is 2.35. The van der Waals surface area contributed by atoms with Crippen LogP contribution in [-0.4, -0.2) is 39.4 Å². The van der Waals surface area contributed by atoms with E-state index in [0.717, 1.165) is 38.1 Å². The van der Waals surface area contributed by atoms with Crippen molar-refractivity contribution in [3.05, 3.63) is 11.9 Å². The van der Waals surface area contributed by atoms with Crippen LogP contribution in [-0.2, 0) is 4.74 Å². The summed E-state index contributed by atoms with van der Waals surface area (Å²) < 4.78 is 5.38. The topological polar surface area (TPSA) is 45.3 Å². The molecule has 4 heteroatoms. The minimum atomic E-state index is 0.339. The van der Waals surface area contributed by atoms with E-state index < -0.39 is 0 Å². The van der Waals surface area contributed by atoms with Crippen LogP contribution < -0.4 is 16.0 Å². The van der Waals surface area contributed by atoms with Crippen molar-refractivity contribution >= 4 is 0 Å². The van der Waals surface area contributed by atoms with Crippen LogP contribution in [0, 0.1) is 17.3 Å². The third-order valence-electron chi connectivity index (χ3n) is 5.01. The molecule has 0 saturated carbocycles. The minimum Gasteiger partial charge on any atom is -0.379 e. The molecule has 3 rings (SSSR count). The van der Waals surface area contributed by atoms with Gasteiger partial charge >= 0.3 is 0 Å². The molecule has 4 nitrogen and oxygen atoms in total. The van der Waals surface area contributed by atoms with Gasteiger partial charge in [-0.3, -0.25) is 0 Å². The van der Waals surface area contributed by atoms with Crippen LogP contribution in [0.1, 0.15) is 26.2 Å². The molecule has 3 aliphatic rings. The number of hydrogen-bond donors (Lipinski definition) is 3. The number of ether oxygens (including phenoxy) is 1. The Bertz CT molecular complexity index is 338. The molecule has 2 atom stereocenters. The fourth-order valence-corrected chi connectivity index (χ4v) is 3.55. The highest BCUT2D eigenvalue weighted by molar-refractivity contribution is 5.14. The number of hydrogen-bond acceptors (Lipinski definition) is 4. The molecule has 3 aliphatic heterocycles. The molecule has 0 aromatic heterocycles. The van der Waals surface area contributed by atoms with E-state index in [1.165, 1.54) is 38.2 Å². The van der Waals surface area contributed by atoms with Gasteiger partial charge in [0.2, 0.25) is 0 Å². The fourth-order valence-electron chi connectivity index (χ4n) is 3.55. The first kappa shape index (κ1) is 13.3. The Hall–Kier alpha value is -0.740. The summed E-state index contributed by atoms with van der Waals surface area (Å²) in [7, 11) is 0. The van der Waals surface area contributed by atoms with Crippen LogP contribution in [0.15, 0.2) is 11.9 Å². The smallest absolute Gasteiger partial charge is 0.0952 e. The van der Waals surface area contributed by atoms with Gasteiger partial charge in [-0.2, -0.15) is 0 Å². The van der Waals surface area contributed by atoms with Crippen molar-refractivity contribution in [2.24, 2.45) is 17.3 Å². The summed E-state index contributed by atoms with van der Waals surface area (Å²) in [5.41, 5.74) is 0.339. The van der Waals surface area contributed by atoms with Crippen molar-refractivity contribution in [3.63, 3.8) is 0 Å². The maximum absolute atomic E-state index is 5.38. The van der Waals surface area contributed by atoms with Gasteiger partial charge in [0.1, 0.15) is 0 Å². The molecule has 0 aliphatic carbocycles. The van der Waals surface area contributed by atoms with E-state index in [9.17, 15) is 0 Å². The Kier molecular flexibility index (Phi) is 3.99. The maximum atomic E-state index is 5.38. The Morgan fingerprint density at radius 3 is 3.00 bits per heavy atom. The molecule has 2 saturated heterocycles. The first-order valence-electron chi connectivity index (χ1n) is 7.80. The second-order valence-corrected chi connectivity index (χ2v) is 6.39. The van der Waals surface area contributed by atoms with Crippen molar-refractivity contribution in [2.45, 2.75) is 26.2 Å². The van der Waals surface area contributed by atoms with Crippen LogP contribution in [0.5, 0.6) is 0 Å². The summed E-state index contributed by atoms with van der Waals surface area (Å²) in [6.07, 6.45) is 6.17. The van der Waals surface area contributed by atoms with Gasteiger partial charge in [-0.15, -0.1) is 0 Å². The molecular formula is C15H27N3O. The lowest BCUT2D eigenvalue weighted by atomic mass is 9.80. The molecule has 0 aromatic rings. The van der Waals surface area contributed by atoms with Crippen LogP contribution in [0.3, 0.4) is 0 Å². The first-order chi connectivity index (χ1) is 9.31. The molecule has 0 aromatic carbocycles. The van der Waals surface area contributed by atoms with Crippen molar-refractivity contribution in [2.75, 3.05) is 39.4 Å². The van der Waals surface area contributed by atoms with Crippen molar-refractivity contribution in [3.8, 4) is 0 Å². The zero-order valence-electron chi connectivity index (χ0n) is 12.0. The number of piperidine rings is 1. The normalized spacial score (nSPS) is 33.2. The van der Waals surface area contributed by atoms with Gasteiger partial charge in [0.05, 0.1) is 19.0 Å². The van der Waals surface area contributed by atoms with Crippen LogP contribution >= 0.6 is 0 Å². The summed E-state index contributed by atoms with van der Waals surface area (Å²) in [6, 6.07) is 0. The molecule has 0 bridgehead atoms. The molecule has 108 valence electrons. The van der Waals surface area contributed by atoms with E-state index in [2.05, 4.69) is 29.0 Å². The van der Waals surface area contributed by atoms with Crippen LogP contribution in [0.2, 0.25) is 0 Å². The van der Waals surface area contributed by atoms with Gasteiger partial charge < -0.3 is 20.7 Å².